The molecule has 0 aliphatic carbocycles. The zero-order valence-electron chi connectivity index (χ0n) is 14.2. The molecule has 0 aliphatic heterocycles. The largest absolute Gasteiger partial charge is 0.333 e. The fraction of sp³-hybridized carbons (Fsp3) is 0.353. The first-order valence-electron chi connectivity index (χ1n) is 7.50. The number of benzene rings is 1. The minimum absolute atomic E-state index is 0.151. The molecule has 0 unspecified atom stereocenters. The second kappa shape index (κ2) is 7.81. The van der Waals surface area contributed by atoms with Crippen molar-refractivity contribution in [1.82, 2.24) is 15.6 Å². The molecule has 128 valence electrons. The van der Waals surface area contributed by atoms with E-state index in [1.807, 2.05) is 57.3 Å². The van der Waals surface area contributed by atoms with E-state index in [1.54, 1.807) is 0 Å². The number of imide groups is 1. The van der Waals surface area contributed by atoms with Gasteiger partial charge in [0.1, 0.15) is 0 Å². The summed E-state index contributed by atoms with van der Waals surface area (Å²) in [6.07, 6.45) is 0. The van der Waals surface area contributed by atoms with Gasteiger partial charge >= 0.3 is 6.03 Å². The van der Waals surface area contributed by atoms with Crippen molar-refractivity contribution in [3.05, 3.63) is 35.2 Å². The minimum atomic E-state index is -0.479. The fourth-order valence-corrected chi connectivity index (χ4v) is 3.48. The van der Waals surface area contributed by atoms with E-state index < -0.39 is 6.03 Å². The second-order valence-corrected chi connectivity index (χ2v) is 8.49. The van der Waals surface area contributed by atoms with Gasteiger partial charge in [-0.1, -0.05) is 41.6 Å². The van der Waals surface area contributed by atoms with Crippen molar-refractivity contribution in [3.63, 3.8) is 0 Å². The molecule has 0 saturated carbocycles. The van der Waals surface area contributed by atoms with Crippen LogP contribution in [0.3, 0.4) is 0 Å². The van der Waals surface area contributed by atoms with E-state index in [2.05, 4.69) is 15.6 Å². The Morgan fingerprint density at radius 3 is 2.50 bits per heavy atom. The molecule has 0 aliphatic rings. The summed E-state index contributed by atoms with van der Waals surface area (Å²) in [5.74, 6) is -0.188. The van der Waals surface area contributed by atoms with Crippen LogP contribution in [-0.4, -0.2) is 28.2 Å². The highest BCUT2D eigenvalue weighted by Crippen LogP contribution is 2.28. The van der Waals surface area contributed by atoms with Crippen LogP contribution in [0.15, 0.2) is 34.0 Å². The summed E-state index contributed by atoms with van der Waals surface area (Å²) in [6, 6.07) is 7.67. The number of hydrogen-bond donors (Lipinski definition) is 2. The van der Waals surface area contributed by atoms with Gasteiger partial charge in [0.25, 0.3) is 0 Å². The predicted octanol–water partition coefficient (Wildman–Crippen LogP) is 3.83. The number of rotatable bonds is 4. The number of urea groups is 1. The van der Waals surface area contributed by atoms with Gasteiger partial charge in [-0.3, -0.25) is 10.1 Å². The molecule has 0 atom stereocenters. The summed E-state index contributed by atoms with van der Waals surface area (Å²) >= 11 is 2.81. The third-order valence-corrected chi connectivity index (χ3v) is 4.92. The lowest BCUT2D eigenvalue weighted by atomic mass is 10.1. The average Bonchev–Trinajstić information content (AvgIpc) is 2.92. The Kier molecular flexibility index (Phi) is 6.01. The number of nitrogens with zero attached hydrogens (tertiary/aromatic N) is 1. The van der Waals surface area contributed by atoms with E-state index in [9.17, 15) is 9.59 Å². The Morgan fingerprint density at radius 1 is 1.21 bits per heavy atom. The molecule has 24 heavy (non-hydrogen) atoms. The molecule has 0 radical (unpaired) electrons. The fourth-order valence-electron chi connectivity index (χ4n) is 1.84. The van der Waals surface area contributed by atoms with Crippen molar-refractivity contribution in [1.29, 1.82) is 0 Å². The topological polar surface area (TPSA) is 71.1 Å². The number of aromatic nitrogens is 1. The highest BCUT2D eigenvalue weighted by molar-refractivity contribution is 8.01. The van der Waals surface area contributed by atoms with Gasteiger partial charge in [0.2, 0.25) is 5.91 Å². The zero-order valence-corrected chi connectivity index (χ0v) is 15.8. The van der Waals surface area contributed by atoms with Crippen molar-refractivity contribution >= 4 is 35.0 Å². The molecule has 1 aromatic carbocycles. The van der Waals surface area contributed by atoms with Gasteiger partial charge in [-0.25, -0.2) is 9.78 Å². The van der Waals surface area contributed by atoms with E-state index in [4.69, 9.17) is 0 Å². The molecule has 0 bridgehead atoms. The van der Waals surface area contributed by atoms with E-state index in [0.29, 0.717) is 0 Å². The molecular weight excluding hydrogens is 342 g/mol. The lowest BCUT2D eigenvalue weighted by Gasteiger charge is -2.20. The molecule has 2 aromatic rings. The minimum Gasteiger partial charge on any atom is -0.333 e. The SMILES string of the molecule is Cc1ccc(-c2csc(SCC(=O)NC(=O)NC(C)(C)C)n2)cc1. The smallest absolute Gasteiger partial charge is 0.321 e. The third-order valence-electron chi connectivity index (χ3n) is 2.90. The maximum Gasteiger partial charge on any atom is 0.321 e. The summed E-state index contributed by atoms with van der Waals surface area (Å²) in [6.45, 7) is 7.61. The number of aryl methyl sites for hydroxylation is 1. The Hall–Kier alpha value is -1.86. The standard InChI is InChI=1S/C17H21N3O2S2/c1-11-5-7-12(8-6-11)13-9-23-16(18-13)24-10-14(21)19-15(22)20-17(2,3)4/h5-9H,10H2,1-4H3,(H2,19,20,21,22). The van der Waals surface area contributed by atoms with E-state index >= 15 is 0 Å². The summed E-state index contributed by atoms with van der Waals surface area (Å²) in [4.78, 5) is 28.0. The monoisotopic (exact) mass is 363 g/mol. The molecule has 2 N–H and O–H groups in total. The maximum atomic E-state index is 11.8. The molecule has 0 saturated heterocycles. The summed E-state index contributed by atoms with van der Waals surface area (Å²) in [5, 5.41) is 6.97. The van der Waals surface area contributed by atoms with Crippen molar-refractivity contribution < 1.29 is 9.59 Å². The Bertz CT molecular complexity index is 718. The number of nitrogens with one attached hydrogen (secondary N) is 2. The van der Waals surface area contributed by atoms with Crippen LogP contribution in [0.4, 0.5) is 4.79 Å². The van der Waals surface area contributed by atoms with Crippen LogP contribution in [0.1, 0.15) is 26.3 Å². The maximum absolute atomic E-state index is 11.8. The summed E-state index contributed by atoms with van der Waals surface area (Å²) in [7, 11) is 0. The molecule has 2 rings (SSSR count). The van der Waals surface area contributed by atoms with Gasteiger partial charge in [0.05, 0.1) is 11.4 Å². The lowest BCUT2D eigenvalue weighted by Crippen LogP contribution is -2.48. The molecule has 0 fully saturated rings. The Labute approximate surface area is 150 Å². The first kappa shape index (κ1) is 18.5. The van der Waals surface area contributed by atoms with Crippen molar-refractivity contribution in [3.8, 4) is 11.3 Å². The van der Waals surface area contributed by atoms with Crippen LogP contribution in [0.2, 0.25) is 0 Å². The van der Waals surface area contributed by atoms with E-state index in [0.717, 1.165) is 15.6 Å². The number of hydrogen-bond acceptors (Lipinski definition) is 5. The van der Waals surface area contributed by atoms with E-state index in [1.165, 1.54) is 28.7 Å². The van der Waals surface area contributed by atoms with Gasteiger partial charge in [-0.2, -0.15) is 0 Å². The molecule has 7 heteroatoms. The van der Waals surface area contributed by atoms with Crippen LogP contribution < -0.4 is 10.6 Å². The van der Waals surface area contributed by atoms with Crippen LogP contribution >= 0.6 is 23.1 Å². The quantitative estimate of drug-likeness (QED) is 0.810. The first-order valence-corrected chi connectivity index (χ1v) is 9.37. The number of carbonyl (C=O) groups excluding carboxylic acids is 2. The van der Waals surface area contributed by atoms with Crippen LogP contribution in [0.5, 0.6) is 0 Å². The van der Waals surface area contributed by atoms with Crippen molar-refractivity contribution in [2.75, 3.05) is 5.75 Å². The number of carbonyl (C=O) groups is 2. The normalized spacial score (nSPS) is 11.2. The molecular formula is C17H21N3O2S2. The van der Waals surface area contributed by atoms with Gasteiger partial charge in [-0.05, 0) is 27.7 Å². The zero-order chi connectivity index (χ0) is 17.7. The predicted molar refractivity (Wildman–Crippen MR) is 99.4 cm³/mol. The van der Waals surface area contributed by atoms with Gasteiger partial charge in [0, 0.05) is 16.5 Å². The lowest BCUT2D eigenvalue weighted by molar-refractivity contribution is -0.117. The summed E-state index contributed by atoms with van der Waals surface area (Å²) in [5.41, 5.74) is 2.77. The Morgan fingerprint density at radius 2 is 1.88 bits per heavy atom. The van der Waals surface area contributed by atoms with Crippen molar-refractivity contribution in [2.45, 2.75) is 37.6 Å². The van der Waals surface area contributed by atoms with E-state index in [-0.39, 0.29) is 17.2 Å². The number of amides is 3. The van der Waals surface area contributed by atoms with Gasteiger partial charge < -0.3 is 5.32 Å². The van der Waals surface area contributed by atoms with Gasteiger partial charge in [-0.15, -0.1) is 11.3 Å². The first-order chi connectivity index (χ1) is 11.2. The Balaban J connectivity index is 1.85. The number of thioether (sulfide) groups is 1. The van der Waals surface area contributed by atoms with Crippen LogP contribution in [0.25, 0.3) is 11.3 Å². The van der Waals surface area contributed by atoms with Gasteiger partial charge in [0.15, 0.2) is 4.34 Å². The number of thiazole rings is 1. The molecule has 0 spiro atoms. The third kappa shape index (κ3) is 5.98. The molecule has 1 heterocycles. The van der Waals surface area contributed by atoms with Crippen LogP contribution in [0, 0.1) is 6.92 Å². The van der Waals surface area contributed by atoms with Crippen molar-refractivity contribution in [2.24, 2.45) is 0 Å². The average molecular weight is 364 g/mol. The second-order valence-electron chi connectivity index (χ2n) is 6.41. The highest BCUT2D eigenvalue weighted by Gasteiger charge is 2.16. The molecule has 3 amide bonds. The molecule has 1 aromatic heterocycles. The van der Waals surface area contributed by atoms with Crippen LogP contribution in [-0.2, 0) is 4.79 Å². The molecule has 5 nitrogen and oxygen atoms in total. The highest BCUT2D eigenvalue weighted by atomic mass is 32.2. The summed E-state index contributed by atoms with van der Waals surface area (Å²) < 4.78 is 0.803.